The molecule has 6 nitrogen and oxygen atoms in total. The molecule has 0 fully saturated rings. The van der Waals surface area contributed by atoms with Gasteiger partial charge in [0, 0.05) is 0 Å². The molecule has 0 aliphatic heterocycles. The molecule has 0 unspecified atom stereocenters. The van der Waals surface area contributed by atoms with E-state index in [-0.39, 0.29) is 12.3 Å². The Morgan fingerprint density at radius 3 is 1.86 bits per heavy atom. The van der Waals surface area contributed by atoms with Crippen molar-refractivity contribution in [1.29, 1.82) is 2.86 Å². The first-order valence-electron chi connectivity index (χ1n) is 4.17. The normalized spacial score (nSPS) is 23.1. The molecule has 0 spiro atoms. The zero-order valence-corrected chi connectivity index (χ0v) is 3.75. The van der Waals surface area contributed by atoms with Crippen LogP contribution in [-0.4, -0.2) is 17.5 Å². The zero-order chi connectivity index (χ0) is 13.1. The third-order valence-corrected chi connectivity index (χ3v) is 0. The minimum atomic E-state index is -4.32. The molecule has 8 N–H and O–H groups in total. The van der Waals surface area contributed by atoms with Gasteiger partial charge in [0.15, 0.2) is 0 Å². The standard InChI is InChI=1S/2H3N.H2O4S/c;;1-5(2,3)4/h2*1H3;(H2,1,2,3,4)/i/hD8. The largest absolute Gasteiger partial charge is 0.394 e. The summed E-state index contributed by atoms with van der Waals surface area (Å²) < 4.78 is 70.7. The highest BCUT2D eigenvalue weighted by molar-refractivity contribution is 7.79. The molecule has 0 heterocycles. The highest BCUT2D eigenvalue weighted by atomic mass is 32.3. The van der Waals surface area contributed by atoms with Gasteiger partial charge in [-0.2, -0.15) is 8.42 Å². The molecule has 0 saturated carbocycles. The Labute approximate surface area is 53.0 Å². The maximum atomic E-state index is 9.55. The quantitative estimate of drug-likeness (QED) is 0.386. The lowest BCUT2D eigenvalue weighted by Gasteiger charge is -1.68. The lowest BCUT2D eigenvalue weighted by molar-refractivity contribution is 0.381. The summed E-state index contributed by atoms with van der Waals surface area (Å²) in [5.41, 5.74) is 0. The lowest BCUT2D eigenvalue weighted by Crippen LogP contribution is -1.89. The van der Waals surface area contributed by atoms with Gasteiger partial charge < -0.3 is 12.3 Å². The summed E-state index contributed by atoms with van der Waals surface area (Å²) in [6, 6.07) is 0. The fraction of sp³-hybridized carbons (Fsp3) is 0. The van der Waals surface area contributed by atoms with Crippen LogP contribution in [0.1, 0.15) is 0 Å². The molecule has 7 heteroatoms. The summed E-state index contributed by atoms with van der Waals surface area (Å²) in [5.74, 6) is 0. The molecule has 0 aliphatic carbocycles. The van der Waals surface area contributed by atoms with E-state index in [0.29, 0.717) is 0 Å². The lowest BCUT2D eigenvalue weighted by atomic mass is 14.0. The fourth-order valence-electron chi connectivity index (χ4n) is 0. The minimum Gasteiger partial charge on any atom is -0.344 e. The summed E-state index contributed by atoms with van der Waals surface area (Å²) in [5, 5.41) is 0. The van der Waals surface area contributed by atoms with Crippen molar-refractivity contribution in [3.05, 3.63) is 0 Å². The van der Waals surface area contributed by atoms with Gasteiger partial charge in [-0.15, -0.1) is 0 Å². The van der Waals surface area contributed by atoms with Crippen molar-refractivity contribution in [1.82, 2.24) is 12.3 Å². The first-order valence-corrected chi connectivity index (χ1v) is 2.00. The van der Waals surface area contributed by atoms with Crippen molar-refractivity contribution in [3.63, 3.8) is 0 Å². The average molecular weight is 140 g/mol. The highest BCUT2D eigenvalue weighted by Crippen LogP contribution is 1.59. The molecule has 0 amide bonds. The number of rotatable bonds is 2. The zero-order valence-electron chi connectivity index (χ0n) is 10.9. The third kappa shape index (κ3) is 1890. The van der Waals surface area contributed by atoms with Gasteiger partial charge in [0.1, 0.15) is 8.47 Å². The minimum absolute atomic E-state index is 0.250. The van der Waals surface area contributed by atoms with Crippen molar-refractivity contribution in [3.8, 4) is 0 Å². The van der Waals surface area contributed by atoms with Gasteiger partial charge in [-0.05, 0) is 0 Å². The van der Waals surface area contributed by atoms with Crippen LogP contribution in [0.3, 0.4) is 0 Å². The van der Waals surface area contributed by atoms with Crippen LogP contribution in [0.2, 0.25) is 8.47 Å². The molecule has 0 atom stereocenters. The summed E-state index contributed by atoms with van der Waals surface area (Å²) in [4.78, 5) is 0. The van der Waals surface area contributed by atoms with E-state index in [4.69, 9.17) is 11.3 Å². The Balaban J connectivity index is -0.000000155. The maximum Gasteiger partial charge on any atom is 0.394 e. The predicted molar refractivity (Wildman–Crippen MR) is 24.2 cm³/mol. The summed E-state index contributed by atoms with van der Waals surface area (Å²) in [6.45, 7) is 0. The molecular weight excluding hydrogens is 124 g/mol. The Bertz CT molecular complexity index is 181. The predicted octanol–water partition coefficient (Wildman–Crippen LogP) is -0.329. The van der Waals surface area contributed by atoms with Crippen LogP contribution in [0.4, 0.5) is 0 Å². The SMILES string of the molecule is [2H]N([2H])[2H].[2H]N([2H])[2H].[2H]OS(=O)(=O)O[2H]. The molecular formula is H8N2O4S. The molecule has 0 aliphatic rings. The number of hydrogen-bond acceptors (Lipinski definition) is 6. The number of hydrogen-bond donors (Lipinski definition) is 4. The van der Waals surface area contributed by atoms with E-state index in [9.17, 15) is 8.42 Å². The van der Waals surface area contributed by atoms with Crippen LogP contribution < -0.4 is 12.3 Å². The molecule has 0 radical (unpaired) electrons. The average Bonchev–Trinajstić information content (AvgIpc) is 2.02. The summed E-state index contributed by atoms with van der Waals surface area (Å²) in [7, 11) is -4.32. The molecule has 7 heavy (non-hydrogen) atoms. The van der Waals surface area contributed by atoms with Crippen LogP contribution in [0.5, 0.6) is 0 Å². The van der Waals surface area contributed by atoms with Crippen molar-refractivity contribution in [2.24, 2.45) is 0 Å². The fourth-order valence-corrected chi connectivity index (χ4v) is 0. The third-order valence-electron chi connectivity index (χ3n) is 0. The van der Waals surface area contributed by atoms with Gasteiger partial charge in [0.2, 0.25) is 2.86 Å². The Morgan fingerprint density at radius 1 is 1.57 bits per heavy atom. The van der Waals surface area contributed by atoms with Gasteiger partial charge in [-0.25, -0.2) is 0 Å². The highest BCUT2D eigenvalue weighted by Gasteiger charge is 1.84. The monoisotopic (exact) mass is 140 g/mol. The summed E-state index contributed by atoms with van der Waals surface area (Å²) >= 11 is 0. The van der Waals surface area contributed by atoms with Crippen molar-refractivity contribution in [2.45, 2.75) is 0 Å². The van der Waals surface area contributed by atoms with E-state index in [1.807, 2.05) is 0 Å². The molecule has 0 aromatic rings. The molecule has 0 aromatic carbocycles. The van der Waals surface area contributed by atoms with E-state index >= 15 is 0 Å². The van der Waals surface area contributed by atoms with Gasteiger partial charge in [0.25, 0.3) is 0 Å². The van der Waals surface area contributed by atoms with Crippen molar-refractivity contribution >= 4 is 10.4 Å². The summed E-state index contributed by atoms with van der Waals surface area (Å²) in [6.07, 6.45) is -0.500. The Kier molecular flexibility index (Phi) is 0.927. The van der Waals surface area contributed by atoms with Crippen LogP contribution >= 0.6 is 0 Å². The molecule has 0 bridgehead atoms. The molecule has 0 saturated heterocycles. The van der Waals surface area contributed by atoms with Crippen molar-refractivity contribution in [2.75, 3.05) is 0 Å². The van der Waals surface area contributed by atoms with Gasteiger partial charge in [0.05, 0.1) is 0 Å². The van der Waals surface area contributed by atoms with Gasteiger partial charge >= 0.3 is 10.4 Å². The topological polar surface area (TPSA) is 145 Å². The van der Waals surface area contributed by atoms with E-state index in [1.54, 1.807) is 0 Å². The first-order chi connectivity index (χ1) is 6.59. The van der Waals surface area contributed by atoms with Crippen LogP contribution in [0.25, 0.3) is 2.86 Å². The smallest absolute Gasteiger partial charge is 0.344 e. The van der Waals surface area contributed by atoms with Crippen LogP contribution in [0, 0.1) is 0 Å². The second-order valence-electron chi connectivity index (χ2n) is 0.408. The van der Waals surface area contributed by atoms with Crippen molar-refractivity contribution < 1.29 is 26.0 Å². The second kappa shape index (κ2) is 3.96. The Hall–Kier alpha value is -0.210. The molecule has 48 valence electrons. The van der Waals surface area contributed by atoms with E-state index < -0.39 is 10.4 Å². The first kappa shape index (κ1) is 1.64. The maximum absolute atomic E-state index is 9.55. The Morgan fingerprint density at radius 2 is 1.86 bits per heavy atom. The van der Waals surface area contributed by atoms with E-state index in [1.165, 1.54) is 0 Å². The van der Waals surface area contributed by atoms with E-state index in [2.05, 4.69) is 9.11 Å². The van der Waals surface area contributed by atoms with Gasteiger partial charge in [-0.3, -0.25) is 9.11 Å². The second-order valence-corrected chi connectivity index (χ2v) is 1.22. The van der Waals surface area contributed by atoms with Gasteiger partial charge in [-0.1, -0.05) is 0 Å². The molecule has 0 rings (SSSR count). The van der Waals surface area contributed by atoms with Crippen LogP contribution in [-0.2, 0) is 10.4 Å². The van der Waals surface area contributed by atoms with E-state index in [0.717, 1.165) is 0 Å². The van der Waals surface area contributed by atoms with Crippen LogP contribution in [0.15, 0.2) is 0 Å². The molecule has 0 aromatic heterocycles.